The van der Waals surface area contributed by atoms with Crippen LogP contribution in [0.25, 0.3) is 0 Å². The van der Waals surface area contributed by atoms with Crippen LogP contribution in [0.15, 0.2) is 42.5 Å². The van der Waals surface area contributed by atoms with Crippen molar-refractivity contribution in [3.63, 3.8) is 0 Å². The number of fused-ring (bicyclic) bond motifs is 1. The molecule has 5 heteroatoms. The second kappa shape index (κ2) is 8.35. The molecule has 0 aliphatic carbocycles. The number of rotatable bonds is 8. The Bertz CT molecular complexity index is 846. The Balaban J connectivity index is 1.64. The number of carbonyl (C=O) groups is 2. The molecule has 0 fully saturated rings. The van der Waals surface area contributed by atoms with Crippen molar-refractivity contribution in [1.29, 1.82) is 0 Å². The second-order valence-electron chi connectivity index (χ2n) is 7.24. The number of aryl methyl sites for hydroxylation is 1. The van der Waals surface area contributed by atoms with Crippen LogP contribution in [-0.2, 0) is 12.8 Å². The van der Waals surface area contributed by atoms with E-state index in [9.17, 15) is 14.7 Å². The van der Waals surface area contributed by atoms with E-state index >= 15 is 0 Å². The third-order valence-corrected chi connectivity index (χ3v) is 5.00. The highest BCUT2D eigenvalue weighted by Gasteiger charge is 2.35. The number of aliphatic hydroxyl groups excluding tert-OH is 1. The van der Waals surface area contributed by atoms with E-state index in [1.54, 1.807) is 24.3 Å². The van der Waals surface area contributed by atoms with E-state index in [0.29, 0.717) is 42.9 Å². The lowest BCUT2D eigenvalue weighted by molar-refractivity contribution is 0.0652. The van der Waals surface area contributed by atoms with Crippen molar-refractivity contribution in [2.24, 2.45) is 5.92 Å². The van der Waals surface area contributed by atoms with E-state index in [-0.39, 0.29) is 24.2 Å². The summed E-state index contributed by atoms with van der Waals surface area (Å²) in [5.74, 6) is 0.0678. The maximum absolute atomic E-state index is 12.7. The Morgan fingerprint density at radius 1 is 1.00 bits per heavy atom. The molecule has 3 rings (SSSR count). The molecule has 0 aromatic heterocycles. The van der Waals surface area contributed by atoms with Crippen molar-refractivity contribution < 1.29 is 19.8 Å². The van der Waals surface area contributed by atoms with Gasteiger partial charge in [-0.1, -0.05) is 25.1 Å². The summed E-state index contributed by atoms with van der Waals surface area (Å²) in [5, 5.41) is 18.6. The number of amides is 2. The molecule has 2 aromatic carbocycles. The lowest BCUT2D eigenvalue weighted by Crippen LogP contribution is -2.30. The SMILES string of the molecule is CC(CCO)Cc1ccc2c(c1)C(=O)N(CCCc1cccc(O)c1)C2=O. The number of aromatic hydroxyl groups is 1. The van der Waals surface area contributed by atoms with Gasteiger partial charge in [-0.3, -0.25) is 14.5 Å². The number of carbonyl (C=O) groups excluding carboxylic acids is 2. The number of phenolic OH excluding ortho intramolecular Hbond substituents is 1. The molecule has 1 heterocycles. The number of aliphatic hydroxyl groups is 1. The Morgan fingerprint density at radius 2 is 1.78 bits per heavy atom. The Hall–Kier alpha value is -2.66. The van der Waals surface area contributed by atoms with Crippen molar-refractivity contribution in [2.75, 3.05) is 13.2 Å². The third kappa shape index (κ3) is 4.37. The number of benzene rings is 2. The average Bonchev–Trinajstić information content (AvgIpc) is 2.86. The quantitative estimate of drug-likeness (QED) is 0.703. The number of hydrogen-bond donors (Lipinski definition) is 2. The number of hydrogen-bond acceptors (Lipinski definition) is 4. The van der Waals surface area contributed by atoms with Crippen LogP contribution in [0.1, 0.15) is 51.6 Å². The summed E-state index contributed by atoms with van der Waals surface area (Å²) in [6.07, 6.45) is 2.82. The van der Waals surface area contributed by atoms with E-state index in [1.807, 2.05) is 18.2 Å². The maximum atomic E-state index is 12.7. The topological polar surface area (TPSA) is 77.8 Å². The van der Waals surface area contributed by atoms with Crippen molar-refractivity contribution in [1.82, 2.24) is 4.90 Å². The predicted molar refractivity (Wildman–Crippen MR) is 103 cm³/mol. The molecule has 142 valence electrons. The van der Waals surface area contributed by atoms with Gasteiger partial charge in [0.2, 0.25) is 0 Å². The molecule has 2 aromatic rings. The van der Waals surface area contributed by atoms with E-state index in [0.717, 1.165) is 17.5 Å². The third-order valence-electron chi connectivity index (χ3n) is 5.00. The Labute approximate surface area is 159 Å². The molecule has 1 aliphatic heterocycles. The van der Waals surface area contributed by atoms with Gasteiger partial charge < -0.3 is 10.2 Å². The molecule has 0 saturated carbocycles. The zero-order chi connectivity index (χ0) is 19.4. The summed E-state index contributed by atoms with van der Waals surface area (Å²) in [7, 11) is 0. The fourth-order valence-electron chi connectivity index (χ4n) is 3.55. The first-order chi connectivity index (χ1) is 13.0. The largest absolute Gasteiger partial charge is 0.508 e. The lowest BCUT2D eigenvalue weighted by Gasteiger charge is -2.13. The minimum Gasteiger partial charge on any atom is -0.508 e. The van der Waals surface area contributed by atoms with Gasteiger partial charge in [0.1, 0.15) is 5.75 Å². The average molecular weight is 367 g/mol. The van der Waals surface area contributed by atoms with Crippen LogP contribution in [0.5, 0.6) is 5.75 Å². The molecular formula is C22H25NO4. The summed E-state index contributed by atoms with van der Waals surface area (Å²) in [6.45, 7) is 2.57. The summed E-state index contributed by atoms with van der Waals surface area (Å²) in [6, 6.07) is 12.5. The van der Waals surface area contributed by atoms with Gasteiger partial charge in [-0.2, -0.15) is 0 Å². The number of imide groups is 1. The molecule has 27 heavy (non-hydrogen) atoms. The molecule has 2 N–H and O–H groups in total. The van der Waals surface area contributed by atoms with Crippen molar-refractivity contribution in [3.8, 4) is 5.75 Å². The monoisotopic (exact) mass is 367 g/mol. The van der Waals surface area contributed by atoms with Gasteiger partial charge in [0.25, 0.3) is 11.8 Å². The van der Waals surface area contributed by atoms with Gasteiger partial charge in [0.05, 0.1) is 11.1 Å². The van der Waals surface area contributed by atoms with Crippen LogP contribution in [0, 0.1) is 5.92 Å². The van der Waals surface area contributed by atoms with Gasteiger partial charge in [-0.25, -0.2) is 0 Å². The second-order valence-corrected chi connectivity index (χ2v) is 7.24. The van der Waals surface area contributed by atoms with Crippen LogP contribution in [0.3, 0.4) is 0 Å². The van der Waals surface area contributed by atoms with Crippen LogP contribution in [-0.4, -0.2) is 40.1 Å². The minimum atomic E-state index is -0.235. The zero-order valence-corrected chi connectivity index (χ0v) is 15.5. The van der Waals surface area contributed by atoms with Crippen molar-refractivity contribution in [2.45, 2.75) is 32.6 Å². The van der Waals surface area contributed by atoms with Crippen molar-refractivity contribution in [3.05, 3.63) is 64.7 Å². The smallest absolute Gasteiger partial charge is 0.261 e. The first-order valence-electron chi connectivity index (χ1n) is 9.37. The van der Waals surface area contributed by atoms with Gasteiger partial charge in [0.15, 0.2) is 0 Å². The van der Waals surface area contributed by atoms with E-state index in [2.05, 4.69) is 6.92 Å². The minimum absolute atomic E-state index is 0.149. The Morgan fingerprint density at radius 3 is 2.52 bits per heavy atom. The van der Waals surface area contributed by atoms with E-state index in [1.165, 1.54) is 4.90 Å². The summed E-state index contributed by atoms with van der Waals surface area (Å²) >= 11 is 0. The fraction of sp³-hybridized carbons (Fsp3) is 0.364. The highest BCUT2D eigenvalue weighted by atomic mass is 16.3. The molecule has 1 aliphatic rings. The highest BCUT2D eigenvalue weighted by molar-refractivity contribution is 6.21. The molecule has 1 atom stereocenters. The lowest BCUT2D eigenvalue weighted by atomic mass is 9.96. The normalized spacial score (nSPS) is 14.5. The summed E-state index contributed by atoms with van der Waals surface area (Å²) < 4.78 is 0. The highest BCUT2D eigenvalue weighted by Crippen LogP contribution is 2.26. The van der Waals surface area contributed by atoms with Gasteiger partial charge in [0, 0.05) is 13.2 Å². The number of nitrogens with zero attached hydrogens (tertiary/aromatic N) is 1. The van der Waals surface area contributed by atoms with Gasteiger partial charge in [-0.05, 0) is 67.0 Å². The number of phenols is 1. The zero-order valence-electron chi connectivity index (χ0n) is 15.5. The predicted octanol–water partition coefficient (Wildman–Crippen LogP) is 3.18. The summed E-state index contributed by atoms with van der Waals surface area (Å²) in [5.41, 5.74) is 2.94. The molecule has 0 bridgehead atoms. The van der Waals surface area contributed by atoms with Crippen LogP contribution in [0.4, 0.5) is 0 Å². The standard InChI is InChI=1S/C22H25NO4/c1-15(9-11-24)12-17-7-8-19-20(14-17)22(27)23(21(19)26)10-3-5-16-4-2-6-18(25)13-16/h2,4,6-8,13-15,24-25H,3,5,9-12H2,1H3. The maximum Gasteiger partial charge on any atom is 0.261 e. The first kappa shape index (κ1) is 19.1. The molecule has 0 radical (unpaired) electrons. The first-order valence-corrected chi connectivity index (χ1v) is 9.37. The van der Waals surface area contributed by atoms with Gasteiger partial charge >= 0.3 is 0 Å². The van der Waals surface area contributed by atoms with E-state index in [4.69, 9.17) is 5.11 Å². The fourth-order valence-corrected chi connectivity index (χ4v) is 3.55. The molecule has 1 unspecified atom stereocenters. The molecule has 0 saturated heterocycles. The van der Waals surface area contributed by atoms with E-state index < -0.39 is 0 Å². The van der Waals surface area contributed by atoms with Crippen molar-refractivity contribution >= 4 is 11.8 Å². The molecule has 5 nitrogen and oxygen atoms in total. The summed E-state index contributed by atoms with van der Waals surface area (Å²) in [4.78, 5) is 26.6. The van der Waals surface area contributed by atoms with Crippen LogP contribution in [0.2, 0.25) is 0 Å². The van der Waals surface area contributed by atoms with Crippen LogP contribution >= 0.6 is 0 Å². The molecule has 2 amide bonds. The molecule has 0 spiro atoms. The van der Waals surface area contributed by atoms with Crippen LogP contribution < -0.4 is 0 Å². The molecular weight excluding hydrogens is 342 g/mol. The Kier molecular flexibility index (Phi) is 5.91. The van der Waals surface area contributed by atoms with Gasteiger partial charge in [-0.15, -0.1) is 0 Å².